The van der Waals surface area contributed by atoms with E-state index in [1.54, 1.807) is 0 Å². The van der Waals surface area contributed by atoms with Gasteiger partial charge in [-0.3, -0.25) is 4.79 Å². The average molecular weight is 594 g/mol. The van der Waals surface area contributed by atoms with Crippen LogP contribution in [0.2, 0.25) is 0 Å². The van der Waals surface area contributed by atoms with Gasteiger partial charge in [0.2, 0.25) is 0 Å². The molecule has 0 spiro atoms. The van der Waals surface area contributed by atoms with Gasteiger partial charge in [-0.2, -0.15) is 0 Å². The number of ketones is 1. The Morgan fingerprint density at radius 2 is 1.27 bits per heavy atom. The largest absolute Gasteiger partial charge is 0.400 e. The van der Waals surface area contributed by atoms with Crippen LogP contribution < -0.4 is 5.73 Å². The van der Waals surface area contributed by atoms with Crippen LogP contribution in [-0.2, 0) is 4.79 Å². The lowest BCUT2D eigenvalue weighted by molar-refractivity contribution is -0.124. The van der Waals surface area contributed by atoms with Crippen LogP contribution in [0.1, 0.15) is 100 Å². The van der Waals surface area contributed by atoms with E-state index in [0.717, 1.165) is 32.1 Å². The first-order valence-electron chi connectivity index (χ1n) is 16.6. The summed E-state index contributed by atoms with van der Waals surface area (Å²) in [6, 6.07) is 17.9. The van der Waals surface area contributed by atoms with Gasteiger partial charge in [-0.05, 0) is 49.1 Å². The zero-order valence-electron chi connectivity index (χ0n) is 26.0. The number of Topliss-reactive ketones (excluding diaryl/α,β-unsaturated/α-hetero) is 1. The molecule has 7 nitrogen and oxygen atoms in total. The van der Waals surface area contributed by atoms with E-state index in [0.29, 0.717) is 36.1 Å². The Morgan fingerprint density at radius 1 is 0.773 bits per heavy atom. The van der Waals surface area contributed by atoms with E-state index < -0.39 is 0 Å². The van der Waals surface area contributed by atoms with Crippen LogP contribution in [0.25, 0.3) is 22.5 Å². The van der Waals surface area contributed by atoms with E-state index in [2.05, 4.69) is 67.6 Å². The van der Waals surface area contributed by atoms with Gasteiger partial charge in [-0.1, -0.05) is 87.1 Å². The predicted molar refractivity (Wildman–Crippen MR) is 175 cm³/mol. The van der Waals surface area contributed by atoms with Gasteiger partial charge in [0, 0.05) is 36.6 Å². The van der Waals surface area contributed by atoms with Crippen LogP contribution in [0, 0.1) is 11.8 Å². The summed E-state index contributed by atoms with van der Waals surface area (Å²) in [5, 5.41) is 7.00. The summed E-state index contributed by atoms with van der Waals surface area (Å²) >= 11 is 0. The molecular formula is C37H47N5O2. The highest BCUT2D eigenvalue weighted by atomic mass is 16.2. The summed E-state index contributed by atoms with van der Waals surface area (Å²) in [4.78, 5) is 21.3. The molecular weight excluding hydrogens is 546 g/mol. The van der Waals surface area contributed by atoms with Crippen molar-refractivity contribution in [3.8, 4) is 22.5 Å². The Hall–Kier alpha value is -3.55. The Kier molecular flexibility index (Phi) is 9.72. The molecule has 2 aromatic heterocycles. The lowest BCUT2D eigenvalue weighted by Crippen LogP contribution is -2.34. The molecule has 2 aliphatic carbocycles. The Balaban J connectivity index is 0.000000148. The number of aromatic nitrogens is 4. The number of carbonyl (C=O) groups excluding carboxylic acids is 1. The molecule has 2 aliphatic heterocycles. The number of benzene rings is 2. The zero-order chi connectivity index (χ0) is 30.5. The van der Waals surface area contributed by atoms with Gasteiger partial charge in [0.1, 0.15) is 5.78 Å². The normalized spacial score (nSPS) is 21.1. The van der Waals surface area contributed by atoms with Crippen molar-refractivity contribution >= 4 is 5.78 Å². The van der Waals surface area contributed by atoms with Gasteiger partial charge >= 0.3 is 0 Å². The summed E-state index contributed by atoms with van der Waals surface area (Å²) in [7, 11) is 1.00. The molecule has 4 aromatic rings. The van der Waals surface area contributed by atoms with Crippen molar-refractivity contribution in [2.24, 2.45) is 17.6 Å². The highest BCUT2D eigenvalue weighted by Gasteiger charge is 2.33. The fraction of sp³-hybridized carbons (Fsp3) is 0.486. The van der Waals surface area contributed by atoms with Gasteiger partial charge in [0.25, 0.3) is 0 Å². The Labute approximate surface area is 261 Å². The summed E-state index contributed by atoms with van der Waals surface area (Å²) in [6.45, 7) is 0. The molecule has 3 unspecified atom stereocenters. The van der Waals surface area contributed by atoms with Crippen LogP contribution in [-0.4, -0.2) is 43.1 Å². The van der Waals surface area contributed by atoms with Crippen molar-refractivity contribution in [1.29, 1.82) is 0 Å². The fourth-order valence-electron chi connectivity index (χ4n) is 8.11. The molecule has 3 N–H and O–H groups in total. The van der Waals surface area contributed by atoms with E-state index in [9.17, 15) is 4.79 Å². The Bertz CT molecular complexity index is 1530. The van der Waals surface area contributed by atoms with Gasteiger partial charge in [0.15, 0.2) is 0 Å². The second-order valence-electron chi connectivity index (χ2n) is 12.9. The molecule has 8 rings (SSSR count). The van der Waals surface area contributed by atoms with Gasteiger partial charge in [0.05, 0.1) is 48.5 Å². The molecule has 0 bridgehead atoms. The van der Waals surface area contributed by atoms with Gasteiger partial charge in [-0.25, -0.2) is 9.97 Å². The summed E-state index contributed by atoms with van der Waals surface area (Å²) < 4.78 is 4.48. The van der Waals surface area contributed by atoms with E-state index in [1.165, 1.54) is 79.3 Å². The van der Waals surface area contributed by atoms with Crippen LogP contribution >= 0.6 is 0 Å². The second kappa shape index (κ2) is 14.0. The fourth-order valence-corrected chi connectivity index (χ4v) is 8.11. The first kappa shape index (κ1) is 30.5. The number of aliphatic hydroxyl groups excluding tert-OH is 1. The molecule has 4 aliphatic rings. The van der Waals surface area contributed by atoms with Crippen LogP contribution in [0.5, 0.6) is 0 Å². The standard InChI is InChI=1S/C18H23N3.C18H20N2O.CH4O/c19-16(13-6-2-1-3-7-13)10-17-14-8-4-5-9-15(14)18-11-20-12-21(17)18;21-18(13-6-2-1-3-7-13)10-16-14-8-4-5-9-15(14)17-11-19-12-20(16)17;1-2/h4-5,8-9,11-13,16-17H,1-3,6-7,10,19H2;4-5,8-9,11-13,16H,1-3,6-7,10H2;2H,1H3. The minimum Gasteiger partial charge on any atom is -0.400 e. The van der Waals surface area contributed by atoms with E-state index in [1.807, 2.05) is 25.0 Å². The monoisotopic (exact) mass is 593 g/mol. The van der Waals surface area contributed by atoms with E-state index in [4.69, 9.17) is 10.8 Å². The summed E-state index contributed by atoms with van der Waals surface area (Å²) in [5.74, 6) is 1.44. The highest BCUT2D eigenvalue weighted by Crippen LogP contribution is 2.43. The topological polar surface area (TPSA) is 99.0 Å². The van der Waals surface area contributed by atoms with Crippen LogP contribution in [0.4, 0.5) is 0 Å². The molecule has 7 heteroatoms. The number of hydrogen-bond acceptors (Lipinski definition) is 5. The number of imidazole rings is 2. The van der Waals surface area contributed by atoms with E-state index >= 15 is 0 Å². The van der Waals surface area contributed by atoms with Crippen molar-refractivity contribution in [2.75, 3.05) is 7.11 Å². The first-order chi connectivity index (χ1) is 21.7. The summed E-state index contributed by atoms with van der Waals surface area (Å²) in [5.41, 5.74) is 14.2. The number of carbonyl (C=O) groups is 1. The van der Waals surface area contributed by atoms with E-state index in [-0.39, 0.29) is 6.04 Å². The number of fused-ring (bicyclic) bond motifs is 6. The van der Waals surface area contributed by atoms with Crippen molar-refractivity contribution in [3.05, 3.63) is 84.7 Å². The molecule has 4 heterocycles. The lowest BCUT2D eigenvalue weighted by atomic mass is 9.81. The average Bonchev–Trinajstić information content (AvgIpc) is 3.88. The molecule has 3 atom stereocenters. The maximum absolute atomic E-state index is 12.7. The molecule has 0 radical (unpaired) electrons. The molecule has 0 saturated heterocycles. The SMILES string of the molecule is CO.NC(CC1c2ccccc2-c2cncn21)C1CCCCC1.O=C(CC1c2ccccc2-c2cncn21)C1CCCCC1. The van der Waals surface area contributed by atoms with Crippen molar-refractivity contribution in [3.63, 3.8) is 0 Å². The van der Waals surface area contributed by atoms with Gasteiger partial charge < -0.3 is 20.0 Å². The maximum atomic E-state index is 12.7. The number of hydrogen-bond donors (Lipinski definition) is 2. The maximum Gasteiger partial charge on any atom is 0.138 e. The minimum atomic E-state index is 0.146. The van der Waals surface area contributed by atoms with Crippen molar-refractivity contribution < 1.29 is 9.90 Å². The number of nitrogens with zero attached hydrogens (tertiary/aromatic N) is 4. The first-order valence-corrected chi connectivity index (χ1v) is 16.6. The number of rotatable bonds is 6. The molecule has 232 valence electrons. The van der Waals surface area contributed by atoms with Crippen LogP contribution in [0.3, 0.4) is 0 Å². The predicted octanol–water partition coefficient (Wildman–Crippen LogP) is 7.35. The number of aliphatic hydroxyl groups is 1. The lowest BCUT2D eigenvalue weighted by Gasteiger charge is -2.30. The third kappa shape index (κ3) is 6.04. The second-order valence-corrected chi connectivity index (χ2v) is 12.9. The Morgan fingerprint density at radius 3 is 1.86 bits per heavy atom. The molecule has 2 aromatic carbocycles. The van der Waals surface area contributed by atoms with Crippen molar-refractivity contribution in [2.45, 2.75) is 95.2 Å². The number of nitrogens with two attached hydrogens (primary N) is 1. The quantitative estimate of drug-likeness (QED) is 0.244. The minimum absolute atomic E-state index is 0.146. The smallest absolute Gasteiger partial charge is 0.138 e. The third-order valence-corrected chi connectivity index (χ3v) is 10.4. The zero-order valence-corrected chi connectivity index (χ0v) is 26.0. The molecule has 2 fully saturated rings. The van der Waals surface area contributed by atoms with Crippen LogP contribution in [0.15, 0.2) is 73.6 Å². The third-order valence-electron chi connectivity index (χ3n) is 10.4. The van der Waals surface area contributed by atoms with Gasteiger partial charge in [-0.15, -0.1) is 0 Å². The van der Waals surface area contributed by atoms with Crippen molar-refractivity contribution in [1.82, 2.24) is 19.1 Å². The molecule has 0 amide bonds. The highest BCUT2D eigenvalue weighted by molar-refractivity contribution is 5.83. The molecule has 44 heavy (non-hydrogen) atoms. The summed E-state index contributed by atoms with van der Waals surface area (Å²) in [6.07, 6.45) is 22.0. The molecule has 2 saturated carbocycles.